The highest BCUT2D eigenvalue weighted by atomic mass is 32.2. The quantitative estimate of drug-likeness (QED) is 0.673. The highest BCUT2D eigenvalue weighted by Crippen LogP contribution is 2.15. The van der Waals surface area contributed by atoms with Gasteiger partial charge in [0.1, 0.15) is 6.61 Å². The molecular weight excluding hydrogens is 338 g/mol. The standard InChI is InChI=1S/C18H21N3O3S/c1-24-12-18(23)21-15-7-5-14(6-8-15)20-17(22)9-11-25-13-16-4-2-3-10-19-16/h2-8,10H,9,11-13H2,1H3,(H,20,22)(H,21,23). The van der Waals surface area contributed by atoms with E-state index < -0.39 is 0 Å². The Labute approximate surface area is 151 Å². The van der Waals surface area contributed by atoms with E-state index in [1.165, 1.54) is 7.11 Å². The van der Waals surface area contributed by atoms with E-state index >= 15 is 0 Å². The van der Waals surface area contributed by atoms with Crippen molar-refractivity contribution in [2.75, 3.05) is 30.1 Å². The van der Waals surface area contributed by atoms with Crippen molar-refractivity contribution < 1.29 is 14.3 Å². The predicted octanol–water partition coefficient (Wildman–Crippen LogP) is 2.93. The van der Waals surface area contributed by atoms with E-state index in [1.54, 1.807) is 42.2 Å². The number of nitrogens with zero attached hydrogens (tertiary/aromatic N) is 1. The van der Waals surface area contributed by atoms with E-state index in [1.807, 2.05) is 18.2 Å². The van der Waals surface area contributed by atoms with Crippen LogP contribution in [0, 0.1) is 0 Å². The largest absolute Gasteiger partial charge is 0.375 e. The lowest BCUT2D eigenvalue weighted by Gasteiger charge is -2.08. The zero-order valence-corrected chi connectivity index (χ0v) is 14.8. The van der Waals surface area contributed by atoms with Gasteiger partial charge in [0.15, 0.2) is 0 Å². The second-order valence-corrected chi connectivity index (χ2v) is 6.34. The molecule has 1 aromatic carbocycles. The maximum Gasteiger partial charge on any atom is 0.250 e. The second kappa shape index (κ2) is 10.5. The van der Waals surface area contributed by atoms with Crippen LogP contribution in [-0.4, -0.2) is 36.3 Å². The van der Waals surface area contributed by atoms with Gasteiger partial charge in [0, 0.05) is 42.6 Å². The van der Waals surface area contributed by atoms with Crippen molar-refractivity contribution in [2.45, 2.75) is 12.2 Å². The molecule has 2 rings (SSSR count). The number of methoxy groups -OCH3 is 1. The van der Waals surface area contributed by atoms with Crippen molar-refractivity contribution in [3.05, 3.63) is 54.4 Å². The Hall–Kier alpha value is -2.38. The molecule has 0 radical (unpaired) electrons. The molecule has 0 aliphatic heterocycles. The van der Waals surface area contributed by atoms with Crippen molar-refractivity contribution in [3.63, 3.8) is 0 Å². The molecule has 0 fully saturated rings. The summed E-state index contributed by atoms with van der Waals surface area (Å²) < 4.78 is 4.75. The maximum absolute atomic E-state index is 11.9. The van der Waals surface area contributed by atoms with Crippen LogP contribution in [0.5, 0.6) is 0 Å². The molecule has 0 saturated carbocycles. The number of aromatic nitrogens is 1. The van der Waals surface area contributed by atoms with Gasteiger partial charge in [0.25, 0.3) is 0 Å². The van der Waals surface area contributed by atoms with Crippen molar-refractivity contribution in [3.8, 4) is 0 Å². The smallest absolute Gasteiger partial charge is 0.250 e. The summed E-state index contributed by atoms with van der Waals surface area (Å²) in [5, 5.41) is 5.54. The van der Waals surface area contributed by atoms with Crippen LogP contribution in [0.1, 0.15) is 12.1 Å². The molecule has 7 heteroatoms. The minimum Gasteiger partial charge on any atom is -0.375 e. The van der Waals surface area contributed by atoms with Gasteiger partial charge in [-0.05, 0) is 36.4 Å². The van der Waals surface area contributed by atoms with Crippen LogP contribution >= 0.6 is 11.8 Å². The highest BCUT2D eigenvalue weighted by molar-refractivity contribution is 7.98. The van der Waals surface area contributed by atoms with Gasteiger partial charge in [0.2, 0.25) is 11.8 Å². The number of thioether (sulfide) groups is 1. The number of nitrogens with one attached hydrogen (secondary N) is 2. The Balaban J connectivity index is 1.68. The first-order valence-corrected chi connectivity index (χ1v) is 8.99. The Morgan fingerprint density at radius 3 is 2.32 bits per heavy atom. The fourth-order valence-electron chi connectivity index (χ4n) is 2.01. The van der Waals surface area contributed by atoms with Crippen LogP contribution in [0.3, 0.4) is 0 Å². The summed E-state index contributed by atoms with van der Waals surface area (Å²) in [5.74, 6) is 1.27. The van der Waals surface area contributed by atoms with Crippen molar-refractivity contribution in [1.82, 2.24) is 4.98 Å². The fraction of sp³-hybridized carbons (Fsp3) is 0.278. The van der Waals surface area contributed by atoms with Gasteiger partial charge in [-0.3, -0.25) is 14.6 Å². The van der Waals surface area contributed by atoms with Gasteiger partial charge in [-0.2, -0.15) is 11.8 Å². The molecule has 1 heterocycles. The van der Waals surface area contributed by atoms with Gasteiger partial charge in [0.05, 0.1) is 5.69 Å². The molecule has 0 aliphatic rings. The molecule has 1 aromatic heterocycles. The molecule has 0 atom stereocenters. The first-order valence-electron chi connectivity index (χ1n) is 7.84. The molecule has 0 aliphatic carbocycles. The number of hydrogen-bond donors (Lipinski definition) is 2. The van der Waals surface area contributed by atoms with E-state index in [0.29, 0.717) is 17.8 Å². The predicted molar refractivity (Wildman–Crippen MR) is 101 cm³/mol. The molecule has 0 bridgehead atoms. The SMILES string of the molecule is COCC(=O)Nc1ccc(NC(=O)CCSCc2ccccn2)cc1. The molecule has 2 aromatic rings. The van der Waals surface area contributed by atoms with E-state index in [0.717, 1.165) is 17.2 Å². The number of anilines is 2. The summed E-state index contributed by atoms with van der Waals surface area (Å²) in [6, 6.07) is 12.8. The normalized spacial score (nSPS) is 10.3. The van der Waals surface area contributed by atoms with E-state index in [4.69, 9.17) is 4.74 Å². The van der Waals surface area contributed by atoms with Crippen LogP contribution in [0.2, 0.25) is 0 Å². The fourth-order valence-corrected chi connectivity index (χ4v) is 2.87. The average Bonchev–Trinajstić information content (AvgIpc) is 2.61. The Kier molecular flexibility index (Phi) is 7.94. The molecule has 6 nitrogen and oxygen atoms in total. The summed E-state index contributed by atoms with van der Waals surface area (Å²) in [6.45, 7) is 0.00859. The molecule has 132 valence electrons. The van der Waals surface area contributed by atoms with Crippen molar-refractivity contribution >= 4 is 35.0 Å². The van der Waals surface area contributed by atoms with Gasteiger partial charge < -0.3 is 15.4 Å². The van der Waals surface area contributed by atoms with E-state index in [9.17, 15) is 9.59 Å². The minimum atomic E-state index is -0.218. The van der Waals surface area contributed by atoms with E-state index in [-0.39, 0.29) is 18.4 Å². The maximum atomic E-state index is 11.9. The summed E-state index contributed by atoms with van der Waals surface area (Å²) in [7, 11) is 1.47. The van der Waals surface area contributed by atoms with Crippen LogP contribution in [0.15, 0.2) is 48.7 Å². The molecule has 0 saturated heterocycles. The van der Waals surface area contributed by atoms with E-state index in [2.05, 4.69) is 15.6 Å². The molecule has 2 N–H and O–H groups in total. The number of pyridine rings is 1. The highest BCUT2D eigenvalue weighted by Gasteiger charge is 2.04. The van der Waals surface area contributed by atoms with Crippen LogP contribution in [-0.2, 0) is 20.1 Å². The summed E-state index contributed by atoms with van der Waals surface area (Å²) >= 11 is 1.68. The zero-order valence-electron chi connectivity index (χ0n) is 14.0. The lowest BCUT2D eigenvalue weighted by Crippen LogP contribution is -2.17. The zero-order chi connectivity index (χ0) is 17.9. The van der Waals surface area contributed by atoms with Gasteiger partial charge in [-0.25, -0.2) is 0 Å². The second-order valence-electron chi connectivity index (χ2n) is 5.23. The average molecular weight is 359 g/mol. The lowest BCUT2D eigenvalue weighted by atomic mass is 10.2. The third-order valence-electron chi connectivity index (χ3n) is 3.18. The Bertz CT molecular complexity index is 678. The number of benzene rings is 1. The number of rotatable bonds is 9. The number of amides is 2. The topological polar surface area (TPSA) is 80.3 Å². The number of hydrogen-bond acceptors (Lipinski definition) is 5. The third kappa shape index (κ3) is 7.36. The first-order chi connectivity index (χ1) is 12.2. The Morgan fingerprint density at radius 2 is 1.72 bits per heavy atom. The monoisotopic (exact) mass is 359 g/mol. The van der Waals surface area contributed by atoms with Crippen molar-refractivity contribution in [2.24, 2.45) is 0 Å². The first kappa shape index (κ1) is 19.0. The number of carbonyl (C=O) groups excluding carboxylic acids is 2. The molecule has 25 heavy (non-hydrogen) atoms. The number of ether oxygens (including phenoxy) is 1. The Morgan fingerprint density at radius 1 is 1.04 bits per heavy atom. The van der Waals surface area contributed by atoms with Crippen LogP contribution < -0.4 is 10.6 Å². The summed E-state index contributed by atoms with van der Waals surface area (Å²) in [6.07, 6.45) is 2.20. The lowest BCUT2D eigenvalue weighted by molar-refractivity contribution is -0.119. The van der Waals surface area contributed by atoms with Crippen LogP contribution in [0.25, 0.3) is 0 Å². The molecule has 0 spiro atoms. The van der Waals surface area contributed by atoms with Gasteiger partial charge >= 0.3 is 0 Å². The van der Waals surface area contributed by atoms with Crippen LogP contribution in [0.4, 0.5) is 11.4 Å². The molecule has 0 unspecified atom stereocenters. The summed E-state index contributed by atoms with van der Waals surface area (Å²) in [5.41, 5.74) is 2.37. The summed E-state index contributed by atoms with van der Waals surface area (Å²) in [4.78, 5) is 27.6. The third-order valence-corrected chi connectivity index (χ3v) is 4.17. The van der Waals surface area contributed by atoms with Gasteiger partial charge in [-0.15, -0.1) is 0 Å². The molecular formula is C18H21N3O3S. The number of carbonyl (C=O) groups is 2. The minimum absolute atomic E-state index is 0.00859. The van der Waals surface area contributed by atoms with Crippen molar-refractivity contribution in [1.29, 1.82) is 0 Å². The van der Waals surface area contributed by atoms with Gasteiger partial charge in [-0.1, -0.05) is 6.07 Å². The molecule has 2 amide bonds.